The predicted octanol–water partition coefficient (Wildman–Crippen LogP) is 3.32. The first kappa shape index (κ1) is 14.8. The van der Waals surface area contributed by atoms with Gasteiger partial charge in [-0.2, -0.15) is 0 Å². The van der Waals surface area contributed by atoms with Crippen LogP contribution in [0.2, 0.25) is 0 Å². The van der Waals surface area contributed by atoms with E-state index in [9.17, 15) is 4.79 Å². The summed E-state index contributed by atoms with van der Waals surface area (Å²) >= 11 is 0. The lowest BCUT2D eigenvalue weighted by Crippen LogP contribution is -2.39. The van der Waals surface area contributed by atoms with E-state index in [0.29, 0.717) is 13.1 Å². The number of hydrogen-bond acceptors (Lipinski definition) is 2. The molecule has 0 saturated carbocycles. The summed E-state index contributed by atoms with van der Waals surface area (Å²) in [5.41, 5.74) is 2.12. The summed E-state index contributed by atoms with van der Waals surface area (Å²) in [6, 6.07) is 20.1. The Morgan fingerprint density at radius 3 is 2.14 bits per heavy atom. The second kappa shape index (κ2) is 7.23. The van der Waals surface area contributed by atoms with E-state index in [1.807, 2.05) is 53.4 Å². The molecule has 114 valence electrons. The maximum absolute atomic E-state index is 12.8. The van der Waals surface area contributed by atoms with Crippen LogP contribution in [0.5, 0.6) is 0 Å². The highest BCUT2D eigenvalue weighted by atomic mass is 16.2. The van der Waals surface area contributed by atoms with Crippen LogP contribution in [0, 0.1) is 0 Å². The average Bonchev–Trinajstić information content (AvgIpc) is 3.07. The first-order chi connectivity index (χ1) is 10.8. The van der Waals surface area contributed by atoms with E-state index in [4.69, 9.17) is 0 Å². The third-order valence-corrected chi connectivity index (χ3v) is 4.11. The van der Waals surface area contributed by atoms with Gasteiger partial charge in [0, 0.05) is 5.69 Å². The van der Waals surface area contributed by atoms with E-state index in [2.05, 4.69) is 17.0 Å². The summed E-state index contributed by atoms with van der Waals surface area (Å²) in [7, 11) is 0. The summed E-state index contributed by atoms with van der Waals surface area (Å²) in [5, 5.41) is 0. The van der Waals surface area contributed by atoms with Gasteiger partial charge in [-0.1, -0.05) is 48.5 Å². The second-order valence-corrected chi connectivity index (χ2v) is 5.78. The number of nitrogens with zero attached hydrogens (tertiary/aromatic N) is 2. The number of likely N-dealkylation sites (tertiary alicyclic amines) is 1. The van der Waals surface area contributed by atoms with E-state index in [1.165, 1.54) is 12.8 Å². The van der Waals surface area contributed by atoms with Gasteiger partial charge in [0.1, 0.15) is 0 Å². The van der Waals surface area contributed by atoms with E-state index in [0.717, 1.165) is 24.3 Å². The van der Waals surface area contributed by atoms with Crippen molar-refractivity contribution >= 4 is 11.6 Å². The highest BCUT2D eigenvalue weighted by Gasteiger charge is 2.21. The van der Waals surface area contributed by atoms with Crippen molar-refractivity contribution in [2.45, 2.75) is 19.4 Å². The number of carbonyl (C=O) groups is 1. The third-order valence-electron chi connectivity index (χ3n) is 4.11. The van der Waals surface area contributed by atoms with Gasteiger partial charge in [-0.05, 0) is 43.6 Å². The van der Waals surface area contributed by atoms with Crippen LogP contribution in [-0.4, -0.2) is 30.4 Å². The van der Waals surface area contributed by atoms with Gasteiger partial charge in [0.05, 0.1) is 13.1 Å². The van der Waals surface area contributed by atoms with Crippen LogP contribution >= 0.6 is 0 Å². The minimum atomic E-state index is 0.178. The van der Waals surface area contributed by atoms with Crippen LogP contribution < -0.4 is 4.90 Å². The van der Waals surface area contributed by atoms with Crippen molar-refractivity contribution in [1.82, 2.24) is 4.90 Å². The summed E-state index contributed by atoms with van der Waals surface area (Å²) < 4.78 is 0. The molecule has 0 radical (unpaired) electrons. The quantitative estimate of drug-likeness (QED) is 0.844. The Morgan fingerprint density at radius 1 is 0.909 bits per heavy atom. The Labute approximate surface area is 132 Å². The maximum atomic E-state index is 12.8. The Balaban J connectivity index is 1.77. The monoisotopic (exact) mass is 294 g/mol. The molecule has 1 aliphatic rings. The molecular weight excluding hydrogens is 272 g/mol. The summed E-state index contributed by atoms with van der Waals surface area (Å²) in [4.78, 5) is 16.9. The summed E-state index contributed by atoms with van der Waals surface area (Å²) in [6.07, 6.45) is 2.41. The molecule has 0 unspecified atom stereocenters. The van der Waals surface area contributed by atoms with Crippen molar-refractivity contribution in [3.63, 3.8) is 0 Å². The molecule has 3 heteroatoms. The summed E-state index contributed by atoms with van der Waals surface area (Å²) in [6.45, 7) is 3.22. The minimum absolute atomic E-state index is 0.178. The normalized spacial score (nSPS) is 14.9. The average molecular weight is 294 g/mol. The van der Waals surface area contributed by atoms with Crippen LogP contribution in [-0.2, 0) is 11.3 Å². The molecule has 3 rings (SSSR count). The molecule has 0 bridgehead atoms. The predicted molar refractivity (Wildman–Crippen MR) is 89.7 cm³/mol. The Kier molecular flexibility index (Phi) is 4.86. The van der Waals surface area contributed by atoms with Crippen molar-refractivity contribution in [1.29, 1.82) is 0 Å². The number of rotatable bonds is 5. The molecule has 1 amide bonds. The highest BCUT2D eigenvalue weighted by Crippen LogP contribution is 2.18. The molecule has 2 aromatic rings. The molecule has 0 atom stereocenters. The smallest absolute Gasteiger partial charge is 0.241 e. The third kappa shape index (κ3) is 3.74. The number of amides is 1. The van der Waals surface area contributed by atoms with Crippen molar-refractivity contribution in [3.05, 3.63) is 66.2 Å². The van der Waals surface area contributed by atoms with E-state index in [1.54, 1.807) is 0 Å². The van der Waals surface area contributed by atoms with Crippen molar-refractivity contribution in [2.24, 2.45) is 0 Å². The molecule has 0 N–H and O–H groups in total. The lowest BCUT2D eigenvalue weighted by molar-refractivity contribution is -0.119. The second-order valence-electron chi connectivity index (χ2n) is 5.78. The van der Waals surface area contributed by atoms with Gasteiger partial charge in [-0.25, -0.2) is 0 Å². The molecule has 0 aromatic heterocycles. The van der Waals surface area contributed by atoms with E-state index >= 15 is 0 Å². The Morgan fingerprint density at radius 2 is 1.50 bits per heavy atom. The van der Waals surface area contributed by atoms with E-state index < -0.39 is 0 Å². The van der Waals surface area contributed by atoms with Gasteiger partial charge in [0.25, 0.3) is 0 Å². The first-order valence-electron chi connectivity index (χ1n) is 7.94. The zero-order valence-corrected chi connectivity index (χ0v) is 12.8. The number of carbonyl (C=O) groups excluding carboxylic acids is 1. The fourth-order valence-corrected chi connectivity index (χ4v) is 2.91. The lowest BCUT2D eigenvalue weighted by Gasteiger charge is -2.25. The first-order valence-corrected chi connectivity index (χ1v) is 7.94. The standard InChI is InChI=1S/C19H22N2O/c22-19(16-20-13-7-8-14-20)21(18-11-5-2-6-12-18)15-17-9-3-1-4-10-17/h1-6,9-12H,7-8,13-16H2. The molecule has 2 aromatic carbocycles. The molecule has 1 fully saturated rings. The van der Waals surface area contributed by atoms with Gasteiger partial charge >= 0.3 is 0 Å². The SMILES string of the molecule is O=C(CN1CCCC1)N(Cc1ccccc1)c1ccccc1. The molecule has 0 aliphatic carbocycles. The van der Waals surface area contributed by atoms with Crippen LogP contribution in [0.4, 0.5) is 5.69 Å². The van der Waals surface area contributed by atoms with Crippen LogP contribution in [0.1, 0.15) is 18.4 Å². The van der Waals surface area contributed by atoms with Gasteiger partial charge < -0.3 is 4.90 Å². The zero-order chi connectivity index (χ0) is 15.2. The Hall–Kier alpha value is -2.13. The molecule has 1 saturated heterocycles. The topological polar surface area (TPSA) is 23.6 Å². The molecule has 1 heterocycles. The fraction of sp³-hybridized carbons (Fsp3) is 0.316. The number of benzene rings is 2. The maximum Gasteiger partial charge on any atom is 0.241 e. The molecule has 3 nitrogen and oxygen atoms in total. The molecule has 22 heavy (non-hydrogen) atoms. The number of para-hydroxylation sites is 1. The van der Waals surface area contributed by atoms with E-state index in [-0.39, 0.29) is 5.91 Å². The van der Waals surface area contributed by atoms with Crippen LogP contribution in [0.25, 0.3) is 0 Å². The van der Waals surface area contributed by atoms with Crippen LogP contribution in [0.3, 0.4) is 0 Å². The molecular formula is C19H22N2O. The van der Waals surface area contributed by atoms with Crippen LogP contribution in [0.15, 0.2) is 60.7 Å². The largest absolute Gasteiger partial charge is 0.307 e. The highest BCUT2D eigenvalue weighted by molar-refractivity contribution is 5.94. The zero-order valence-electron chi connectivity index (χ0n) is 12.8. The number of hydrogen-bond donors (Lipinski definition) is 0. The fourth-order valence-electron chi connectivity index (χ4n) is 2.91. The Bertz CT molecular complexity index is 591. The van der Waals surface area contributed by atoms with Gasteiger partial charge in [-0.15, -0.1) is 0 Å². The van der Waals surface area contributed by atoms with Gasteiger partial charge in [0.2, 0.25) is 5.91 Å². The van der Waals surface area contributed by atoms with Crippen molar-refractivity contribution in [3.8, 4) is 0 Å². The lowest BCUT2D eigenvalue weighted by atomic mass is 10.2. The molecule has 1 aliphatic heterocycles. The summed E-state index contributed by atoms with van der Waals surface area (Å²) in [5.74, 6) is 0.178. The number of anilines is 1. The van der Waals surface area contributed by atoms with Crippen molar-refractivity contribution in [2.75, 3.05) is 24.5 Å². The molecule has 0 spiro atoms. The van der Waals surface area contributed by atoms with Gasteiger partial charge in [0.15, 0.2) is 0 Å². The van der Waals surface area contributed by atoms with Gasteiger partial charge in [-0.3, -0.25) is 9.69 Å². The van der Waals surface area contributed by atoms with Crippen molar-refractivity contribution < 1.29 is 4.79 Å². The minimum Gasteiger partial charge on any atom is -0.307 e.